The first-order valence-electron chi connectivity index (χ1n) is 9.39. The van der Waals surface area contributed by atoms with Crippen LogP contribution in [0.2, 0.25) is 0 Å². The number of hydrogen-bond donors (Lipinski definition) is 1. The van der Waals surface area contributed by atoms with Crippen LogP contribution in [0.4, 0.5) is 0 Å². The lowest BCUT2D eigenvalue weighted by atomic mass is 10.1. The second-order valence-corrected chi connectivity index (χ2v) is 7.75. The third-order valence-electron chi connectivity index (χ3n) is 4.53. The second kappa shape index (κ2) is 9.59. The third kappa shape index (κ3) is 5.48. The smallest absolute Gasteiger partial charge is 0.194 e. The monoisotopic (exact) mass is 442 g/mol. The third-order valence-corrected chi connectivity index (χ3v) is 4.96. The zero-order valence-electron chi connectivity index (χ0n) is 16.6. The molecule has 0 aliphatic heterocycles. The van der Waals surface area contributed by atoms with Gasteiger partial charge in [-0.3, -0.25) is 0 Å². The van der Waals surface area contributed by atoms with Gasteiger partial charge in [-0.25, -0.2) is 9.98 Å². The summed E-state index contributed by atoms with van der Waals surface area (Å²) in [6.45, 7) is 5.20. The first-order valence-corrected chi connectivity index (χ1v) is 10.2. The largest absolute Gasteiger partial charge is 0.357 e. The number of aryl methyl sites for hydroxylation is 1. The molecule has 0 fully saturated rings. The summed E-state index contributed by atoms with van der Waals surface area (Å²) in [5.74, 6) is 0.905. The van der Waals surface area contributed by atoms with E-state index in [2.05, 4.69) is 97.8 Å². The summed E-state index contributed by atoms with van der Waals surface area (Å²) < 4.78 is 5.28. The maximum absolute atomic E-state index is 4.82. The van der Waals surface area contributed by atoms with Crippen LogP contribution in [0.1, 0.15) is 23.7 Å². The minimum atomic E-state index is 0.648. The van der Waals surface area contributed by atoms with Crippen LogP contribution < -0.4 is 5.32 Å². The molecule has 0 aliphatic rings. The van der Waals surface area contributed by atoms with Crippen molar-refractivity contribution in [1.29, 1.82) is 0 Å². The lowest BCUT2D eigenvalue weighted by Gasteiger charge is -2.22. The molecule has 0 saturated carbocycles. The highest BCUT2D eigenvalue weighted by Gasteiger charge is 2.09. The van der Waals surface area contributed by atoms with E-state index >= 15 is 0 Å². The first-order chi connectivity index (χ1) is 13.5. The Hall–Kier alpha value is -2.54. The molecule has 0 amide bonds. The molecule has 0 aliphatic carbocycles. The van der Waals surface area contributed by atoms with Crippen LogP contribution in [-0.2, 0) is 26.7 Å². The molecule has 2 heterocycles. The van der Waals surface area contributed by atoms with Crippen LogP contribution in [0.5, 0.6) is 0 Å². The molecule has 0 bridgehead atoms. The molecule has 1 aromatic carbocycles. The van der Waals surface area contributed by atoms with E-state index in [1.807, 2.05) is 12.5 Å². The fraction of sp³-hybridized carbons (Fsp3) is 0.333. The van der Waals surface area contributed by atoms with Gasteiger partial charge in [0.25, 0.3) is 0 Å². The van der Waals surface area contributed by atoms with Gasteiger partial charge in [0.1, 0.15) is 0 Å². The normalized spacial score (nSPS) is 11.6. The van der Waals surface area contributed by atoms with Crippen molar-refractivity contribution in [3.8, 4) is 0 Å². The Labute approximate surface area is 175 Å². The summed E-state index contributed by atoms with van der Waals surface area (Å²) >= 11 is 3.54. The van der Waals surface area contributed by atoms with Crippen LogP contribution in [-0.4, -0.2) is 38.6 Å². The van der Waals surface area contributed by atoms with Crippen molar-refractivity contribution in [2.45, 2.75) is 26.6 Å². The molecular formula is C21H27BrN6. The zero-order chi connectivity index (χ0) is 19.9. The van der Waals surface area contributed by atoms with Crippen molar-refractivity contribution in [3.63, 3.8) is 0 Å². The Morgan fingerprint density at radius 2 is 2.00 bits per heavy atom. The van der Waals surface area contributed by atoms with Crippen LogP contribution >= 0.6 is 15.9 Å². The lowest BCUT2D eigenvalue weighted by Crippen LogP contribution is -2.38. The van der Waals surface area contributed by atoms with Gasteiger partial charge in [0.15, 0.2) is 5.96 Å². The van der Waals surface area contributed by atoms with Crippen molar-refractivity contribution in [2.75, 3.05) is 13.6 Å². The molecular weight excluding hydrogens is 416 g/mol. The number of nitrogens with zero attached hydrogens (tertiary/aromatic N) is 5. The predicted octanol–water partition coefficient (Wildman–Crippen LogP) is 3.63. The van der Waals surface area contributed by atoms with Gasteiger partial charge in [-0.2, -0.15) is 0 Å². The van der Waals surface area contributed by atoms with E-state index in [9.17, 15) is 0 Å². The Morgan fingerprint density at radius 3 is 2.61 bits per heavy atom. The highest BCUT2D eigenvalue weighted by atomic mass is 79.9. The summed E-state index contributed by atoms with van der Waals surface area (Å²) in [6, 6.07) is 10.7. The summed E-state index contributed by atoms with van der Waals surface area (Å²) in [5.41, 5.74) is 3.67. The number of aliphatic imine (C=N–C) groups is 1. The van der Waals surface area contributed by atoms with Gasteiger partial charge < -0.3 is 19.4 Å². The van der Waals surface area contributed by atoms with Crippen LogP contribution in [0, 0.1) is 0 Å². The summed E-state index contributed by atoms with van der Waals surface area (Å²) in [5, 5.41) is 3.38. The van der Waals surface area contributed by atoms with E-state index in [0.717, 1.165) is 30.1 Å². The summed E-state index contributed by atoms with van der Waals surface area (Å²) in [7, 11) is 4.12. The van der Waals surface area contributed by atoms with Gasteiger partial charge in [0.05, 0.1) is 19.4 Å². The van der Waals surface area contributed by atoms with E-state index in [4.69, 9.17) is 4.99 Å². The molecule has 0 atom stereocenters. The van der Waals surface area contributed by atoms with Crippen molar-refractivity contribution < 1.29 is 0 Å². The molecule has 148 valence electrons. The van der Waals surface area contributed by atoms with Crippen LogP contribution in [0.15, 0.2) is 64.7 Å². The highest BCUT2D eigenvalue weighted by molar-refractivity contribution is 9.10. The summed E-state index contributed by atoms with van der Waals surface area (Å²) in [6.07, 6.45) is 7.68. The molecule has 2 aromatic heterocycles. The van der Waals surface area contributed by atoms with Gasteiger partial charge >= 0.3 is 0 Å². The van der Waals surface area contributed by atoms with Gasteiger partial charge in [-0.15, -0.1) is 0 Å². The Balaban J connectivity index is 1.63. The first kappa shape index (κ1) is 20.2. The maximum atomic E-state index is 4.82. The molecule has 0 saturated heterocycles. The summed E-state index contributed by atoms with van der Waals surface area (Å²) in [4.78, 5) is 11.1. The SMILES string of the molecule is CCNC(=NCc1ccc(Cn2ccnc2)cc1)N(C)Cc1cc(Br)cn1C. The minimum absolute atomic E-state index is 0.648. The molecule has 3 aromatic rings. The Bertz CT molecular complexity index is 896. The number of guanidine groups is 1. The molecule has 0 spiro atoms. The number of aromatic nitrogens is 3. The molecule has 1 N–H and O–H groups in total. The fourth-order valence-electron chi connectivity index (χ4n) is 3.02. The number of nitrogens with one attached hydrogen (secondary N) is 1. The van der Waals surface area contributed by atoms with Crippen LogP contribution in [0.25, 0.3) is 0 Å². The van der Waals surface area contributed by atoms with Crippen molar-refractivity contribution in [2.24, 2.45) is 12.0 Å². The number of imidazole rings is 1. The lowest BCUT2D eigenvalue weighted by molar-refractivity contribution is 0.462. The molecule has 6 nitrogen and oxygen atoms in total. The number of halogens is 1. The zero-order valence-corrected chi connectivity index (χ0v) is 18.2. The van der Waals surface area contributed by atoms with Crippen LogP contribution in [0.3, 0.4) is 0 Å². The van der Waals surface area contributed by atoms with E-state index in [1.54, 1.807) is 6.20 Å². The van der Waals surface area contributed by atoms with E-state index in [-0.39, 0.29) is 0 Å². The molecule has 0 radical (unpaired) electrons. The van der Waals surface area contributed by atoms with Crippen molar-refractivity contribution >= 4 is 21.9 Å². The molecule has 7 heteroatoms. The fourth-order valence-corrected chi connectivity index (χ4v) is 3.59. The predicted molar refractivity (Wildman–Crippen MR) is 117 cm³/mol. The Morgan fingerprint density at radius 1 is 1.25 bits per heavy atom. The number of rotatable bonds is 7. The highest BCUT2D eigenvalue weighted by Crippen LogP contribution is 2.15. The van der Waals surface area contributed by atoms with Crippen molar-refractivity contribution in [3.05, 3.63) is 76.5 Å². The second-order valence-electron chi connectivity index (χ2n) is 6.84. The van der Waals surface area contributed by atoms with E-state index < -0.39 is 0 Å². The maximum Gasteiger partial charge on any atom is 0.194 e. The number of benzene rings is 1. The molecule has 28 heavy (non-hydrogen) atoms. The van der Waals surface area contributed by atoms with Crippen molar-refractivity contribution in [1.82, 2.24) is 24.3 Å². The average Bonchev–Trinajstić information content (AvgIpc) is 3.29. The van der Waals surface area contributed by atoms with Gasteiger partial charge in [-0.1, -0.05) is 24.3 Å². The number of hydrogen-bond acceptors (Lipinski definition) is 2. The standard InChI is InChI=1S/C21H27BrN6/c1-4-24-21(27(3)15-20-11-19(22)14-26(20)2)25-12-17-5-7-18(8-6-17)13-28-10-9-23-16-28/h5-11,14,16H,4,12-13,15H2,1-3H3,(H,24,25). The van der Waals surface area contributed by atoms with Gasteiger partial charge in [0.2, 0.25) is 0 Å². The average molecular weight is 443 g/mol. The van der Waals surface area contributed by atoms with E-state index in [0.29, 0.717) is 6.54 Å². The quantitative estimate of drug-likeness (QED) is 0.448. The van der Waals surface area contributed by atoms with E-state index in [1.165, 1.54) is 16.8 Å². The minimum Gasteiger partial charge on any atom is -0.357 e. The molecule has 0 unspecified atom stereocenters. The Kier molecular flexibility index (Phi) is 6.92. The van der Waals surface area contributed by atoms with Gasteiger partial charge in [-0.05, 0) is 40.0 Å². The van der Waals surface area contributed by atoms with Gasteiger partial charge in [0, 0.05) is 55.9 Å². The molecule has 3 rings (SSSR count). The topological polar surface area (TPSA) is 50.4 Å².